The van der Waals surface area contributed by atoms with Crippen LogP contribution in [0.4, 0.5) is 8.78 Å². The molecule has 136 valence electrons. The highest BCUT2D eigenvalue weighted by atomic mass is 32.2. The summed E-state index contributed by atoms with van der Waals surface area (Å²) in [5, 5.41) is 9.19. The zero-order chi connectivity index (χ0) is 18.8. The SMILES string of the molecule is Cc1cccc(-n2c(SCc3ccc(F)c(F)c3)nnc2-c2ccco2)c1. The minimum Gasteiger partial charge on any atom is -0.461 e. The van der Waals surface area contributed by atoms with Gasteiger partial charge in [0.05, 0.1) is 12.0 Å². The smallest absolute Gasteiger partial charge is 0.205 e. The molecule has 0 N–H and O–H groups in total. The maximum absolute atomic E-state index is 13.5. The predicted octanol–water partition coefficient (Wildman–Crippen LogP) is 5.41. The van der Waals surface area contributed by atoms with Crippen molar-refractivity contribution in [2.45, 2.75) is 17.8 Å². The van der Waals surface area contributed by atoms with Gasteiger partial charge in [0.15, 0.2) is 22.6 Å². The standard InChI is InChI=1S/C20H15F2N3OS/c1-13-4-2-5-15(10-13)25-19(18-6-3-9-26-18)23-24-20(25)27-12-14-7-8-16(21)17(22)11-14/h2-11H,12H2,1H3. The second kappa shape index (κ2) is 7.36. The van der Waals surface area contributed by atoms with Gasteiger partial charge in [0, 0.05) is 5.75 Å². The Morgan fingerprint density at radius 2 is 1.89 bits per heavy atom. The first kappa shape index (κ1) is 17.5. The number of aromatic nitrogens is 3. The monoisotopic (exact) mass is 383 g/mol. The Hall–Kier alpha value is -2.93. The van der Waals surface area contributed by atoms with Crippen LogP contribution in [-0.2, 0) is 5.75 Å². The highest BCUT2D eigenvalue weighted by Gasteiger charge is 2.18. The number of halogens is 2. The van der Waals surface area contributed by atoms with Gasteiger partial charge in [-0.2, -0.15) is 0 Å². The zero-order valence-corrected chi connectivity index (χ0v) is 15.2. The van der Waals surface area contributed by atoms with Gasteiger partial charge in [0.2, 0.25) is 5.82 Å². The minimum absolute atomic E-state index is 0.430. The van der Waals surface area contributed by atoms with Crippen molar-refractivity contribution >= 4 is 11.8 Å². The van der Waals surface area contributed by atoms with Crippen molar-refractivity contribution in [2.75, 3.05) is 0 Å². The van der Waals surface area contributed by atoms with Gasteiger partial charge in [-0.1, -0.05) is 30.0 Å². The van der Waals surface area contributed by atoms with Gasteiger partial charge >= 0.3 is 0 Å². The predicted molar refractivity (Wildman–Crippen MR) is 99.7 cm³/mol. The fourth-order valence-corrected chi connectivity index (χ4v) is 3.60. The van der Waals surface area contributed by atoms with E-state index in [1.165, 1.54) is 17.8 Å². The molecule has 4 rings (SSSR count). The van der Waals surface area contributed by atoms with E-state index in [4.69, 9.17) is 4.42 Å². The molecule has 7 heteroatoms. The first-order valence-electron chi connectivity index (χ1n) is 8.25. The van der Waals surface area contributed by atoms with Crippen molar-refractivity contribution in [2.24, 2.45) is 0 Å². The summed E-state index contributed by atoms with van der Waals surface area (Å²) < 4.78 is 34.0. The Kier molecular flexibility index (Phi) is 4.77. The number of hydrogen-bond donors (Lipinski definition) is 0. The first-order valence-corrected chi connectivity index (χ1v) is 9.23. The van der Waals surface area contributed by atoms with Gasteiger partial charge in [0.25, 0.3) is 0 Å². The number of hydrogen-bond acceptors (Lipinski definition) is 4. The molecule has 2 heterocycles. The van der Waals surface area contributed by atoms with Crippen molar-refractivity contribution in [3.63, 3.8) is 0 Å². The molecule has 0 radical (unpaired) electrons. The van der Waals surface area contributed by atoms with E-state index >= 15 is 0 Å². The summed E-state index contributed by atoms with van der Waals surface area (Å²) >= 11 is 1.39. The summed E-state index contributed by atoms with van der Waals surface area (Å²) in [6.45, 7) is 2.01. The third-order valence-electron chi connectivity index (χ3n) is 3.99. The van der Waals surface area contributed by atoms with Crippen LogP contribution in [0.2, 0.25) is 0 Å². The van der Waals surface area contributed by atoms with Gasteiger partial charge in [-0.05, 0) is 54.4 Å². The lowest BCUT2D eigenvalue weighted by molar-refractivity contribution is 0.507. The quantitative estimate of drug-likeness (QED) is 0.433. The first-order chi connectivity index (χ1) is 13.1. The van der Waals surface area contributed by atoms with E-state index in [0.29, 0.717) is 28.1 Å². The Bertz CT molecular complexity index is 1080. The van der Waals surface area contributed by atoms with E-state index < -0.39 is 11.6 Å². The molecule has 0 aliphatic heterocycles. The molecule has 27 heavy (non-hydrogen) atoms. The average Bonchev–Trinajstić information content (AvgIpc) is 3.32. The Morgan fingerprint density at radius 1 is 1.00 bits per heavy atom. The number of thioether (sulfide) groups is 1. The summed E-state index contributed by atoms with van der Waals surface area (Å²) in [5.41, 5.74) is 2.67. The number of nitrogens with zero attached hydrogens (tertiary/aromatic N) is 3. The third kappa shape index (κ3) is 3.64. The summed E-state index contributed by atoms with van der Waals surface area (Å²) in [7, 11) is 0. The van der Waals surface area contributed by atoms with Crippen LogP contribution in [0.1, 0.15) is 11.1 Å². The third-order valence-corrected chi connectivity index (χ3v) is 4.99. The zero-order valence-electron chi connectivity index (χ0n) is 14.4. The van der Waals surface area contributed by atoms with Crippen LogP contribution in [0.3, 0.4) is 0 Å². The van der Waals surface area contributed by atoms with Crippen molar-refractivity contribution < 1.29 is 13.2 Å². The highest BCUT2D eigenvalue weighted by Crippen LogP contribution is 2.30. The number of furan rings is 1. The molecule has 4 aromatic rings. The summed E-state index contributed by atoms with van der Waals surface area (Å²) in [4.78, 5) is 0. The van der Waals surface area contributed by atoms with Crippen molar-refractivity contribution in [3.05, 3.63) is 83.6 Å². The largest absolute Gasteiger partial charge is 0.461 e. The van der Waals surface area contributed by atoms with Gasteiger partial charge in [-0.15, -0.1) is 10.2 Å². The normalized spacial score (nSPS) is 11.1. The molecule has 0 saturated carbocycles. The van der Waals surface area contributed by atoms with Gasteiger partial charge in [0.1, 0.15) is 0 Å². The fourth-order valence-electron chi connectivity index (χ4n) is 2.71. The maximum atomic E-state index is 13.5. The molecule has 0 aliphatic rings. The van der Waals surface area contributed by atoms with E-state index in [9.17, 15) is 8.78 Å². The molecular formula is C20H15F2N3OS. The second-order valence-corrected chi connectivity index (χ2v) is 6.94. The summed E-state index contributed by atoms with van der Waals surface area (Å²) in [6.07, 6.45) is 1.58. The van der Waals surface area contributed by atoms with Crippen LogP contribution < -0.4 is 0 Å². The Morgan fingerprint density at radius 3 is 2.63 bits per heavy atom. The topological polar surface area (TPSA) is 43.9 Å². The van der Waals surface area contributed by atoms with Gasteiger partial charge < -0.3 is 4.42 Å². The van der Waals surface area contributed by atoms with Crippen molar-refractivity contribution in [1.29, 1.82) is 0 Å². The van der Waals surface area contributed by atoms with E-state index in [-0.39, 0.29) is 0 Å². The molecule has 0 aliphatic carbocycles. The molecule has 0 unspecified atom stereocenters. The van der Waals surface area contributed by atoms with E-state index in [1.54, 1.807) is 18.4 Å². The van der Waals surface area contributed by atoms with Crippen LogP contribution in [0.5, 0.6) is 0 Å². The van der Waals surface area contributed by atoms with Crippen LogP contribution >= 0.6 is 11.8 Å². The number of rotatable bonds is 5. The van der Waals surface area contributed by atoms with Crippen molar-refractivity contribution in [3.8, 4) is 17.3 Å². The molecule has 0 amide bonds. The Labute approximate surface area is 158 Å². The molecule has 2 aromatic carbocycles. The van der Waals surface area contributed by atoms with E-state index in [0.717, 1.165) is 17.3 Å². The van der Waals surface area contributed by atoms with Gasteiger partial charge in [-0.3, -0.25) is 4.57 Å². The van der Waals surface area contributed by atoms with Gasteiger partial charge in [-0.25, -0.2) is 8.78 Å². The lowest BCUT2D eigenvalue weighted by Gasteiger charge is -2.10. The fraction of sp³-hybridized carbons (Fsp3) is 0.100. The van der Waals surface area contributed by atoms with Crippen LogP contribution in [0.15, 0.2) is 70.4 Å². The highest BCUT2D eigenvalue weighted by molar-refractivity contribution is 7.98. The Balaban J connectivity index is 1.71. The molecule has 2 aromatic heterocycles. The second-order valence-electron chi connectivity index (χ2n) is 6.00. The van der Waals surface area contributed by atoms with E-state index in [2.05, 4.69) is 10.2 Å². The molecule has 0 fully saturated rings. The molecule has 0 bridgehead atoms. The molecule has 0 saturated heterocycles. The van der Waals surface area contributed by atoms with E-state index in [1.807, 2.05) is 41.8 Å². The molecule has 0 spiro atoms. The summed E-state index contributed by atoms with van der Waals surface area (Å²) in [5.74, 6) is -0.0994. The van der Waals surface area contributed by atoms with Crippen molar-refractivity contribution in [1.82, 2.24) is 14.8 Å². The van der Waals surface area contributed by atoms with Crippen LogP contribution in [-0.4, -0.2) is 14.8 Å². The summed E-state index contributed by atoms with van der Waals surface area (Å²) in [6, 6.07) is 15.5. The van der Waals surface area contributed by atoms with Crippen LogP contribution in [0.25, 0.3) is 17.3 Å². The molecular weight excluding hydrogens is 368 g/mol. The molecule has 4 nitrogen and oxygen atoms in total. The minimum atomic E-state index is -0.857. The number of aryl methyl sites for hydroxylation is 1. The van der Waals surface area contributed by atoms with Crippen LogP contribution in [0, 0.1) is 18.6 Å². The lowest BCUT2D eigenvalue weighted by atomic mass is 10.2. The average molecular weight is 383 g/mol. The number of benzene rings is 2. The molecule has 0 atom stereocenters. The maximum Gasteiger partial charge on any atom is 0.205 e. The lowest BCUT2D eigenvalue weighted by Crippen LogP contribution is -2.00.